The summed E-state index contributed by atoms with van der Waals surface area (Å²) in [6, 6.07) is 7.90. The molecule has 2 N–H and O–H groups in total. The van der Waals surface area contributed by atoms with Gasteiger partial charge >= 0.3 is 0 Å². The molecule has 1 aromatic carbocycles. The topological polar surface area (TPSA) is 41.5 Å². The van der Waals surface area contributed by atoms with Crippen molar-refractivity contribution >= 4 is 0 Å². The Morgan fingerprint density at radius 2 is 2.06 bits per heavy atom. The van der Waals surface area contributed by atoms with E-state index in [0.29, 0.717) is 6.42 Å². The summed E-state index contributed by atoms with van der Waals surface area (Å²) in [5, 5.41) is 12.3. The van der Waals surface area contributed by atoms with Crippen LogP contribution in [0.5, 0.6) is 5.75 Å². The fourth-order valence-corrected chi connectivity index (χ4v) is 1.65. The van der Waals surface area contributed by atoms with Crippen molar-refractivity contribution in [1.29, 1.82) is 0 Å². The number of hydrogen-bond donors (Lipinski definition) is 2. The minimum atomic E-state index is 0.165. The number of nitrogens with one attached hydrogen (secondary N) is 1. The fourth-order valence-electron chi connectivity index (χ4n) is 1.65. The summed E-state index contributed by atoms with van der Waals surface area (Å²) in [5.74, 6) is 0.900. The molecule has 0 aromatic heterocycles. The zero-order chi connectivity index (χ0) is 12.3. The third-order valence-electron chi connectivity index (χ3n) is 2.54. The number of aliphatic hydroxyl groups excluding tert-OH is 1. The largest absolute Gasteiger partial charge is 0.493 e. The van der Waals surface area contributed by atoms with Gasteiger partial charge in [0.25, 0.3) is 0 Å². The van der Waals surface area contributed by atoms with Crippen LogP contribution < -0.4 is 10.1 Å². The van der Waals surface area contributed by atoms with Crippen molar-refractivity contribution in [3.63, 3.8) is 0 Å². The second kappa shape index (κ2) is 9.02. The van der Waals surface area contributed by atoms with Crippen LogP contribution in [-0.4, -0.2) is 31.4 Å². The molecule has 0 amide bonds. The molecule has 0 saturated heterocycles. The van der Waals surface area contributed by atoms with Crippen molar-refractivity contribution in [1.82, 2.24) is 5.32 Å². The highest BCUT2D eigenvalue weighted by molar-refractivity contribution is 5.33. The number of rotatable bonds is 9. The predicted molar refractivity (Wildman–Crippen MR) is 70.5 cm³/mol. The fraction of sp³-hybridized carbons (Fsp3) is 0.571. The lowest BCUT2D eigenvalue weighted by atomic mass is 10.1. The van der Waals surface area contributed by atoms with Gasteiger partial charge < -0.3 is 15.2 Å². The summed E-state index contributed by atoms with van der Waals surface area (Å²) in [4.78, 5) is 0. The summed E-state index contributed by atoms with van der Waals surface area (Å²) in [7, 11) is 0. The Bertz CT molecular complexity index is 302. The van der Waals surface area contributed by atoms with Gasteiger partial charge in [-0.05, 0) is 44.0 Å². The van der Waals surface area contributed by atoms with E-state index in [2.05, 4.69) is 12.2 Å². The van der Waals surface area contributed by atoms with E-state index >= 15 is 0 Å². The quantitative estimate of drug-likeness (QED) is 0.645. The molecule has 0 unspecified atom stereocenters. The summed E-state index contributed by atoms with van der Waals surface area (Å²) in [5.41, 5.74) is 1.08. The van der Waals surface area contributed by atoms with Gasteiger partial charge in [-0.2, -0.15) is 0 Å². The average Bonchev–Trinajstić information content (AvgIpc) is 2.36. The van der Waals surface area contributed by atoms with E-state index in [1.807, 2.05) is 24.3 Å². The minimum Gasteiger partial charge on any atom is -0.493 e. The van der Waals surface area contributed by atoms with Gasteiger partial charge in [0.1, 0.15) is 5.75 Å². The smallest absolute Gasteiger partial charge is 0.122 e. The van der Waals surface area contributed by atoms with Crippen LogP contribution in [-0.2, 0) is 6.42 Å². The first-order valence-corrected chi connectivity index (χ1v) is 6.40. The molecular weight excluding hydrogens is 214 g/mol. The van der Waals surface area contributed by atoms with Crippen LogP contribution in [0, 0.1) is 0 Å². The normalized spacial score (nSPS) is 10.5. The average molecular weight is 237 g/mol. The zero-order valence-electron chi connectivity index (χ0n) is 10.6. The first kappa shape index (κ1) is 14.0. The molecule has 1 aromatic rings. The molecule has 0 spiro atoms. The molecule has 1 rings (SSSR count). The first-order chi connectivity index (χ1) is 8.38. The Hall–Kier alpha value is -1.06. The highest BCUT2D eigenvalue weighted by Gasteiger charge is 2.01. The molecule has 0 aliphatic rings. The second-order valence-electron chi connectivity index (χ2n) is 4.03. The molecule has 3 nitrogen and oxygen atoms in total. The Balaban J connectivity index is 2.25. The van der Waals surface area contributed by atoms with Crippen LogP contribution in [0.4, 0.5) is 0 Å². The maximum Gasteiger partial charge on any atom is 0.122 e. The lowest BCUT2D eigenvalue weighted by molar-refractivity contribution is 0.285. The summed E-state index contributed by atoms with van der Waals surface area (Å²) < 4.78 is 5.72. The van der Waals surface area contributed by atoms with Gasteiger partial charge in [0, 0.05) is 6.61 Å². The number of ether oxygens (including phenoxy) is 1. The molecule has 0 bridgehead atoms. The second-order valence-corrected chi connectivity index (χ2v) is 4.03. The maximum atomic E-state index is 8.95. The molecule has 0 atom stereocenters. The highest BCUT2D eigenvalue weighted by atomic mass is 16.5. The predicted octanol–water partition coefficient (Wildman–Crippen LogP) is 1.99. The van der Waals surface area contributed by atoms with Crippen molar-refractivity contribution in [2.45, 2.75) is 26.2 Å². The standard InChI is InChI=1S/C14H23NO2/c1-2-9-15-10-5-12-17-14-7-4-3-6-13(14)8-11-16/h3-4,6-7,15-16H,2,5,8-12H2,1H3. The van der Waals surface area contributed by atoms with Gasteiger partial charge in [-0.25, -0.2) is 0 Å². The molecule has 96 valence electrons. The number of aliphatic hydroxyl groups is 1. The van der Waals surface area contributed by atoms with Gasteiger partial charge in [0.2, 0.25) is 0 Å². The van der Waals surface area contributed by atoms with Crippen LogP contribution >= 0.6 is 0 Å². The Morgan fingerprint density at radius 3 is 2.82 bits per heavy atom. The molecule has 0 aliphatic heterocycles. The van der Waals surface area contributed by atoms with E-state index in [9.17, 15) is 0 Å². The van der Waals surface area contributed by atoms with Crippen LogP contribution in [0.1, 0.15) is 25.3 Å². The minimum absolute atomic E-state index is 0.165. The SMILES string of the molecule is CCCNCCCOc1ccccc1CCO. The van der Waals surface area contributed by atoms with Gasteiger partial charge in [-0.15, -0.1) is 0 Å². The molecule has 0 radical (unpaired) electrons. The third kappa shape index (κ3) is 5.71. The van der Waals surface area contributed by atoms with Crippen LogP contribution in [0.2, 0.25) is 0 Å². The van der Waals surface area contributed by atoms with Crippen molar-refractivity contribution in [3.8, 4) is 5.75 Å². The van der Waals surface area contributed by atoms with E-state index < -0.39 is 0 Å². The van der Waals surface area contributed by atoms with Crippen molar-refractivity contribution in [2.24, 2.45) is 0 Å². The van der Waals surface area contributed by atoms with Gasteiger partial charge in [0.15, 0.2) is 0 Å². The van der Waals surface area contributed by atoms with E-state index in [1.165, 1.54) is 6.42 Å². The Morgan fingerprint density at radius 1 is 1.24 bits per heavy atom. The van der Waals surface area contributed by atoms with E-state index in [1.54, 1.807) is 0 Å². The molecule has 0 saturated carbocycles. The molecule has 0 fully saturated rings. The molecule has 0 heterocycles. The number of para-hydroxylation sites is 1. The van der Waals surface area contributed by atoms with Gasteiger partial charge in [0.05, 0.1) is 6.61 Å². The van der Waals surface area contributed by atoms with Gasteiger partial charge in [-0.1, -0.05) is 25.1 Å². The number of benzene rings is 1. The Labute approximate surface area is 104 Å². The van der Waals surface area contributed by atoms with Crippen molar-refractivity contribution in [2.75, 3.05) is 26.3 Å². The molecule has 17 heavy (non-hydrogen) atoms. The number of hydrogen-bond acceptors (Lipinski definition) is 3. The van der Waals surface area contributed by atoms with E-state index in [0.717, 1.165) is 37.4 Å². The summed E-state index contributed by atoms with van der Waals surface area (Å²) in [6.07, 6.45) is 2.83. The van der Waals surface area contributed by atoms with Crippen LogP contribution in [0.25, 0.3) is 0 Å². The molecule has 0 aliphatic carbocycles. The van der Waals surface area contributed by atoms with Crippen LogP contribution in [0.15, 0.2) is 24.3 Å². The monoisotopic (exact) mass is 237 g/mol. The van der Waals surface area contributed by atoms with Crippen LogP contribution in [0.3, 0.4) is 0 Å². The summed E-state index contributed by atoms with van der Waals surface area (Å²) >= 11 is 0. The lowest BCUT2D eigenvalue weighted by Crippen LogP contribution is -2.18. The zero-order valence-corrected chi connectivity index (χ0v) is 10.6. The summed E-state index contributed by atoms with van der Waals surface area (Å²) in [6.45, 7) is 5.11. The van der Waals surface area contributed by atoms with E-state index in [-0.39, 0.29) is 6.61 Å². The van der Waals surface area contributed by atoms with Gasteiger partial charge in [-0.3, -0.25) is 0 Å². The lowest BCUT2D eigenvalue weighted by Gasteiger charge is -2.10. The first-order valence-electron chi connectivity index (χ1n) is 6.40. The van der Waals surface area contributed by atoms with E-state index in [4.69, 9.17) is 9.84 Å². The highest BCUT2D eigenvalue weighted by Crippen LogP contribution is 2.18. The van der Waals surface area contributed by atoms with Crippen molar-refractivity contribution < 1.29 is 9.84 Å². The Kier molecular flexibility index (Phi) is 7.43. The molecule has 3 heteroatoms. The molecular formula is C14H23NO2. The third-order valence-corrected chi connectivity index (χ3v) is 2.54. The van der Waals surface area contributed by atoms with Crippen molar-refractivity contribution in [3.05, 3.63) is 29.8 Å². The maximum absolute atomic E-state index is 8.95.